The van der Waals surface area contributed by atoms with Crippen molar-refractivity contribution >= 4 is 26.7 Å². The second kappa shape index (κ2) is 5.95. The molecular weight excluding hydrogens is 328 g/mol. The highest BCUT2D eigenvalue weighted by Crippen LogP contribution is 2.24. The van der Waals surface area contributed by atoms with Crippen molar-refractivity contribution in [2.75, 3.05) is 0 Å². The van der Waals surface area contributed by atoms with Crippen LogP contribution in [0.15, 0.2) is 47.2 Å². The number of benzene rings is 2. The van der Waals surface area contributed by atoms with Gasteiger partial charge in [0.2, 0.25) is 0 Å². The van der Waals surface area contributed by atoms with Crippen molar-refractivity contribution in [3.05, 3.63) is 58.6 Å². The van der Waals surface area contributed by atoms with E-state index in [9.17, 15) is 0 Å². The van der Waals surface area contributed by atoms with Crippen molar-refractivity contribution in [2.45, 2.75) is 25.9 Å². The van der Waals surface area contributed by atoms with Gasteiger partial charge in [-0.25, -0.2) is 4.98 Å². The van der Waals surface area contributed by atoms with Crippen molar-refractivity contribution in [3.63, 3.8) is 0 Å². The minimum atomic E-state index is -0.0763. The molecule has 0 aliphatic rings. The Morgan fingerprint density at radius 1 is 1.19 bits per heavy atom. The van der Waals surface area contributed by atoms with Gasteiger partial charge in [-0.2, -0.15) is 5.10 Å². The molecule has 0 aliphatic heterocycles. The van der Waals surface area contributed by atoms with Gasteiger partial charge in [0.1, 0.15) is 12.2 Å². The number of nitrogens with two attached hydrogens (primary N) is 1. The van der Waals surface area contributed by atoms with Crippen LogP contribution in [0.3, 0.4) is 0 Å². The number of aryl methyl sites for hydroxylation is 1. The fraction of sp³-hybridized carbons (Fsp3) is 0.250. The fourth-order valence-electron chi connectivity index (χ4n) is 2.49. The van der Waals surface area contributed by atoms with Crippen molar-refractivity contribution in [1.29, 1.82) is 0 Å². The molecule has 108 valence electrons. The monoisotopic (exact) mass is 344 g/mol. The van der Waals surface area contributed by atoms with Gasteiger partial charge in [-0.15, -0.1) is 0 Å². The van der Waals surface area contributed by atoms with Crippen LogP contribution in [0.4, 0.5) is 0 Å². The summed E-state index contributed by atoms with van der Waals surface area (Å²) < 4.78 is 2.97. The van der Waals surface area contributed by atoms with Crippen LogP contribution in [-0.4, -0.2) is 14.8 Å². The normalized spacial score (nSPS) is 12.7. The van der Waals surface area contributed by atoms with Gasteiger partial charge >= 0.3 is 0 Å². The SMILES string of the molecule is CCn1ncnc1CC(N)c1ccc2cc(Br)ccc2c1. The van der Waals surface area contributed by atoms with Crippen LogP contribution in [0.25, 0.3) is 10.8 Å². The summed E-state index contributed by atoms with van der Waals surface area (Å²) >= 11 is 3.49. The van der Waals surface area contributed by atoms with Crippen LogP contribution in [0, 0.1) is 0 Å². The predicted molar refractivity (Wildman–Crippen MR) is 88.0 cm³/mol. The van der Waals surface area contributed by atoms with E-state index in [2.05, 4.69) is 63.3 Å². The van der Waals surface area contributed by atoms with Gasteiger partial charge in [0.15, 0.2) is 0 Å². The number of hydrogen-bond acceptors (Lipinski definition) is 3. The molecule has 2 N–H and O–H groups in total. The number of hydrogen-bond donors (Lipinski definition) is 1. The Labute approximate surface area is 132 Å². The first kappa shape index (κ1) is 14.2. The van der Waals surface area contributed by atoms with Gasteiger partial charge < -0.3 is 5.73 Å². The summed E-state index contributed by atoms with van der Waals surface area (Å²) in [6.45, 7) is 2.87. The van der Waals surface area contributed by atoms with E-state index in [0.29, 0.717) is 6.42 Å². The molecule has 21 heavy (non-hydrogen) atoms. The van der Waals surface area contributed by atoms with E-state index in [1.807, 2.05) is 10.7 Å². The van der Waals surface area contributed by atoms with E-state index < -0.39 is 0 Å². The van der Waals surface area contributed by atoms with E-state index in [1.54, 1.807) is 6.33 Å². The first-order valence-corrected chi connectivity index (χ1v) is 7.78. The summed E-state index contributed by atoms with van der Waals surface area (Å²) in [6, 6.07) is 12.5. The van der Waals surface area contributed by atoms with Crippen molar-refractivity contribution in [1.82, 2.24) is 14.8 Å². The number of rotatable bonds is 4. The third-order valence-corrected chi connectivity index (χ3v) is 4.15. The third-order valence-electron chi connectivity index (χ3n) is 3.65. The van der Waals surface area contributed by atoms with Gasteiger partial charge in [0.25, 0.3) is 0 Å². The molecule has 3 aromatic rings. The standard InChI is InChI=1S/C16H17BrN4/c1-2-21-16(19-10-20-21)9-15(18)13-4-3-12-8-14(17)6-5-11(12)7-13/h3-8,10,15H,2,9,18H2,1H3. The van der Waals surface area contributed by atoms with Crippen LogP contribution in [0.5, 0.6) is 0 Å². The molecule has 0 radical (unpaired) electrons. The maximum atomic E-state index is 6.34. The lowest BCUT2D eigenvalue weighted by Crippen LogP contribution is -2.16. The maximum absolute atomic E-state index is 6.34. The van der Waals surface area contributed by atoms with Crippen molar-refractivity contribution < 1.29 is 0 Å². The van der Waals surface area contributed by atoms with E-state index in [4.69, 9.17) is 5.73 Å². The molecule has 1 unspecified atom stereocenters. The van der Waals surface area contributed by atoms with Gasteiger partial charge in [-0.1, -0.05) is 34.1 Å². The van der Waals surface area contributed by atoms with Gasteiger partial charge in [-0.05, 0) is 41.5 Å². The molecule has 1 aromatic heterocycles. The molecule has 0 amide bonds. The number of aromatic nitrogens is 3. The lowest BCUT2D eigenvalue weighted by atomic mass is 10.0. The zero-order chi connectivity index (χ0) is 14.8. The molecule has 0 aliphatic carbocycles. The maximum Gasteiger partial charge on any atom is 0.138 e. The first-order chi connectivity index (χ1) is 10.2. The fourth-order valence-corrected chi connectivity index (χ4v) is 2.87. The molecule has 2 aromatic carbocycles. The summed E-state index contributed by atoms with van der Waals surface area (Å²) in [4.78, 5) is 4.29. The zero-order valence-electron chi connectivity index (χ0n) is 11.8. The van der Waals surface area contributed by atoms with Gasteiger partial charge in [0.05, 0.1) is 0 Å². The molecule has 3 rings (SSSR count). The summed E-state index contributed by atoms with van der Waals surface area (Å²) in [6.07, 6.45) is 2.28. The molecular formula is C16H17BrN4. The highest BCUT2D eigenvalue weighted by Gasteiger charge is 2.12. The summed E-state index contributed by atoms with van der Waals surface area (Å²) in [7, 11) is 0. The second-order valence-electron chi connectivity index (χ2n) is 5.05. The number of fused-ring (bicyclic) bond motifs is 1. The zero-order valence-corrected chi connectivity index (χ0v) is 13.4. The molecule has 0 fully saturated rings. The van der Waals surface area contributed by atoms with Crippen molar-refractivity contribution in [2.24, 2.45) is 5.73 Å². The average Bonchev–Trinajstić information content (AvgIpc) is 2.93. The molecule has 5 heteroatoms. The largest absolute Gasteiger partial charge is 0.324 e. The Morgan fingerprint density at radius 2 is 1.95 bits per heavy atom. The topological polar surface area (TPSA) is 56.7 Å². The Bertz CT molecular complexity index is 766. The highest BCUT2D eigenvalue weighted by atomic mass is 79.9. The Morgan fingerprint density at radius 3 is 2.76 bits per heavy atom. The van der Waals surface area contributed by atoms with Crippen LogP contribution in [0.2, 0.25) is 0 Å². The van der Waals surface area contributed by atoms with Gasteiger partial charge in [-0.3, -0.25) is 4.68 Å². The molecule has 4 nitrogen and oxygen atoms in total. The Hall–Kier alpha value is -1.72. The van der Waals surface area contributed by atoms with Crippen molar-refractivity contribution in [3.8, 4) is 0 Å². The number of halogens is 1. The van der Waals surface area contributed by atoms with E-state index >= 15 is 0 Å². The van der Waals surface area contributed by atoms with E-state index in [-0.39, 0.29) is 6.04 Å². The highest BCUT2D eigenvalue weighted by molar-refractivity contribution is 9.10. The smallest absolute Gasteiger partial charge is 0.138 e. The van der Waals surface area contributed by atoms with Crippen LogP contribution >= 0.6 is 15.9 Å². The summed E-state index contributed by atoms with van der Waals surface area (Å²) in [5, 5.41) is 6.59. The first-order valence-electron chi connectivity index (χ1n) is 6.99. The van der Waals surface area contributed by atoms with E-state index in [0.717, 1.165) is 22.4 Å². The molecule has 1 heterocycles. The van der Waals surface area contributed by atoms with Crippen LogP contribution < -0.4 is 5.73 Å². The average molecular weight is 345 g/mol. The quantitative estimate of drug-likeness (QED) is 0.788. The predicted octanol–water partition coefficient (Wildman–Crippen LogP) is 3.46. The molecule has 1 atom stereocenters. The Balaban J connectivity index is 1.87. The minimum Gasteiger partial charge on any atom is -0.324 e. The molecule has 0 bridgehead atoms. The van der Waals surface area contributed by atoms with Gasteiger partial charge in [0, 0.05) is 23.5 Å². The molecule has 0 saturated carbocycles. The minimum absolute atomic E-state index is 0.0763. The third kappa shape index (κ3) is 2.99. The lowest BCUT2D eigenvalue weighted by Gasteiger charge is -2.13. The van der Waals surface area contributed by atoms with E-state index in [1.165, 1.54) is 10.8 Å². The molecule has 0 spiro atoms. The molecule has 0 saturated heterocycles. The Kier molecular flexibility index (Phi) is 4.03. The van der Waals surface area contributed by atoms with Crippen LogP contribution in [0.1, 0.15) is 24.4 Å². The summed E-state index contributed by atoms with van der Waals surface area (Å²) in [5.41, 5.74) is 7.46. The van der Waals surface area contributed by atoms with Crippen LogP contribution in [-0.2, 0) is 13.0 Å². The second-order valence-corrected chi connectivity index (χ2v) is 5.97. The summed E-state index contributed by atoms with van der Waals surface area (Å²) in [5.74, 6) is 0.931. The number of nitrogens with zero attached hydrogens (tertiary/aromatic N) is 3. The lowest BCUT2D eigenvalue weighted by molar-refractivity contribution is 0.581.